The van der Waals surface area contributed by atoms with Crippen molar-refractivity contribution in [1.29, 1.82) is 0 Å². The molecule has 0 amide bonds. The van der Waals surface area contributed by atoms with E-state index >= 15 is 0 Å². The maximum atomic E-state index is 13.6. The van der Waals surface area contributed by atoms with Crippen LogP contribution in [0, 0.1) is 11.7 Å². The molecule has 4 heteroatoms. The van der Waals surface area contributed by atoms with Crippen LogP contribution in [-0.2, 0) is 6.42 Å². The molecule has 1 aromatic rings. The van der Waals surface area contributed by atoms with Crippen LogP contribution in [0.3, 0.4) is 0 Å². The van der Waals surface area contributed by atoms with Gasteiger partial charge in [-0.3, -0.25) is 0 Å². The normalized spacial score (nSPS) is 27.9. The Labute approximate surface area is 136 Å². The number of likely N-dealkylation sites (N-methyl/N-ethyl adjacent to an activating group) is 1. The first-order valence-corrected chi connectivity index (χ1v) is 8.51. The fraction of sp³-hybridized carbons (Fsp3) is 0.647. The van der Waals surface area contributed by atoms with Crippen LogP contribution >= 0.6 is 15.9 Å². The molecule has 3 unspecified atom stereocenters. The molecule has 0 heterocycles. The van der Waals surface area contributed by atoms with Gasteiger partial charge in [0.1, 0.15) is 5.82 Å². The summed E-state index contributed by atoms with van der Waals surface area (Å²) in [5.41, 5.74) is 7.59. The fourth-order valence-electron chi connectivity index (χ4n) is 3.81. The average molecular weight is 357 g/mol. The molecule has 2 rings (SSSR count). The van der Waals surface area contributed by atoms with Gasteiger partial charge in [0, 0.05) is 16.1 Å². The molecule has 3 atom stereocenters. The van der Waals surface area contributed by atoms with Crippen molar-refractivity contribution in [1.82, 2.24) is 4.90 Å². The number of benzene rings is 1. The summed E-state index contributed by atoms with van der Waals surface area (Å²) in [4.78, 5) is 2.29. The Balaban J connectivity index is 2.20. The number of nitrogens with zero attached hydrogens (tertiary/aromatic N) is 1. The molecule has 21 heavy (non-hydrogen) atoms. The number of rotatable bonds is 4. The first kappa shape index (κ1) is 16.9. The van der Waals surface area contributed by atoms with Crippen LogP contribution in [0.5, 0.6) is 0 Å². The topological polar surface area (TPSA) is 29.3 Å². The molecule has 1 saturated carbocycles. The Morgan fingerprint density at radius 1 is 1.43 bits per heavy atom. The van der Waals surface area contributed by atoms with Gasteiger partial charge < -0.3 is 10.6 Å². The summed E-state index contributed by atoms with van der Waals surface area (Å²) >= 11 is 3.36. The second-order valence-corrected chi connectivity index (χ2v) is 7.70. The van der Waals surface area contributed by atoms with Crippen molar-refractivity contribution in [2.45, 2.75) is 50.6 Å². The minimum atomic E-state index is -0.206. The predicted octanol–water partition coefficient (Wildman–Crippen LogP) is 3.97. The zero-order chi connectivity index (χ0) is 15.6. The van der Waals surface area contributed by atoms with Crippen LogP contribution in [0.2, 0.25) is 0 Å². The third-order valence-corrected chi connectivity index (χ3v) is 5.43. The van der Waals surface area contributed by atoms with Crippen LogP contribution in [0.4, 0.5) is 4.39 Å². The maximum Gasteiger partial charge on any atom is 0.124 e. The SMILES string of the molecule is CC1CCCC(C(N)Cc2cc(F)cc(Br)c2)(N(C)C)C1. The van der Waals surface area contributed by atoms with Crippen LogP contribution in [0.25, 0.3) is 0 Å². The average Bonchev–Trinajstić information content (AvgIpc) is 2.36. The molecule has 2 N–H and O–H groups in total. The van der Waals surface area contributed by atoms with Crippen molar-refractivity contribution in [2.75, 3.05) is 14.1 Å². The highest BCUT2D eigenvalue weighted by molar-refractivity contribution is 9.10. The van der Waals surface area contributed by atoms with Gasteiger partial charge in [0.2, 0.25) is 0 Å². The van der Waals surface area contributed by atoms with Crippen molar-refractivity contribution >= 4 is 15.9 Å². The molecule has 1 aromatic carbocycles. The van der Waals surface area contributed by atoms with Gasteiger partial charge in [-0.1, -0.05) is 35.7 Å². The van der Waals surface area contributed by atoms with Crippen LogP contribution in [-0.4, -0.2) is 30.6 Å². The second kappa shape index (κ2) is 6.76. The van der Waals surface area contributed by atoms with Crippen molar-refractivity contribution < 1.29 is 4.39 Å². The summed E-state index contributed by atoms with van der Waals surface area (Å²) in [7, 11) is 4.25. The van der Waals surface area contributed by atoms with E-state index in [0.29, 0.717) is 12.3 Å². The van der Waals surface area contributed by atoms with Crippen molar-refractivity contribution in [2.24, 2.45) is 11.7 Å². The summed E-state index contributed by atoms with van der Waals surface area (Å²) in [6.45, 7) is 2.31. The molecule has 0 spiro atoms. The highest BCUT2D eigenvalue weighted by Gasteiger charge is 2.41. The molecule has 0 aliphatic heterocycles. The van der Waals surface area contributed by atoms with E-state index < -0.39 is 0 Å². The van der Waals surface area contributed by atoms with Crippen molar-refractivity contribution in [3.63, 3.8) is 0 Å². The van der Waals surface area contributed by atoms with Gasteiger partial charge in [-0.2, -0.15) is 0 Å². The third kappa shape index (κ3) is 3.85. The predicted molar refractivity (Wildman–Crippen MR) is 89.8 cm³/mol. The molecule has 0 bridgehead atoms. The van der Waals surface area contributed by atoms with Gasteiger partial charge in [0.15, 0.2) is 0 Å². The summed E-state index contributed by atoms with van der Waals surface area (Å²) < 4.78 is 14.3. The third-order valence-electron chi connectivity index (χ3n) is 4.97. The van der Waals surface area contributed by atoms with E-state index in [1.54, 1.807) is 6.07 Å². The van der Waals surface area contributed by atoms with Crippen LogP contribution in [0.15, 0.2) is 22.7 Å². The Hall–Kier alpha value is -0.450. The van der Waals surface area contributed by atoms with E-state index in [4.69, 9.17) is 5.73 Å². The van der Waals surface area contributed by atoms with E-state index in [9.17, 15) is 4.39 Å². The molecular formula is C17H26BrFN2. The highest BCUT2D eigenvalue weighted by atomic mass is 79.9. The molecule has 1 aliphatic rings. The summed E-state index contributed by atoms with van der Waals surface area (Å²) in [5.74, 6) is 0.494. The number of hydrogen-bond acceptors (Lipinski definition) is 2. The lowest BCUT2D eigenvalue weighted by Crippen LogP contribution is -2.60. The van der Waals surface area contributed by atoms with Gasteiger partial charge in [-0.05, 0) is 63.0 Å². The summed E-state index contributed by atoms with van der Waals surface area (Å²) in [6.07, 6.45) is 5.47. The zero-order valence-electron chi connectivity index (χ0n) is 13.2. The zero-order valence-corrected chi connectivity index (χ0v) is 14.8. The van der Waals surface area contributed by atoms with Crippen LogP contribution in [0.1, 0.15) is 38.2 Å². The Kier molecular flexibility index (Phi) is 5.44. The molecule has 0 aromatic heterocycles. The smallest absolute Gasteiger partial charge is 0.124 e. The number of nitrogens with two attached hydrogens (primary N) is 1. The van der Waals surface area contributed by atoms with Crippen LogP contribution < -0.4 is 5.73 Å². The monoisotopic (exact) mass is 356 g/mol. The molecule has 0 saturated heterocycles. The number of halogens is 2. The first-order valence-electron chi connectivity index (χ1n) is 7.71. The maximum absolute atomic E-state index is 13.6. The molecule has 1 aliphatic carbocycles. The molecular weight excluding hydrogens is 331 g/mol. The standard InChI is InChI=1S/C17H26BrFN2/c1-12-5-4-6-17(11-12,21(2)3)16(20)9-13-7-14(18)10-15(19)8-13/h7-8,10,12,16H,4-6,9,11,20H2,1-3H3. The van der Waals surface area contributed by atoms with E-state index in [2.05, 4.69) is 41.8 Å². The minimum Gasteiger partial charge on any atom is -0.326 e. The Morgan fingerprint density at radius 2 is 2.14 bits per heavy atom. The van der Waals surface area contributed by atoms with Gasteiger partial charge in [0.05, 0.1) is 0 Å². The van der Waals surface area contributed by atoms with Gasteiger partial charge in [-0.25, -0.2) is 4.39 Å². The summed E-state index contributed by atoms with van der Waals surface area (Å²) in [5, 5.41) is 0. The van der Waals surface area contributed by atoms with E-state index in [1.165, 1.54) is 18.9 Å². The van der Waals surface area contributed by atoms with Gasteiger partial charge in [0.25, 0.3) is 0 Å². The minimum absolute atomic E-state index is 0.0175. The quantitative estimate of drug-likeness (QED) is 0.884. The fourth-order valence-corrected chi connectivity index (χ4v) is 4.32. The number of hydrogen-bond donors (Lipinski definition) is 1. The lowest BCUT2D eigenvalue weighted by molar-refractivity contribution is 0.0504. The van der Waals surface area contributed by atoms with E-state index in [0.717, 1.165) is 22.9 Å². The first-order chi connectivity index (χ1) is 9.83. The molecule has 1 fully saturated rings. The van der Waals surface area contributed by atoms with Gasteiger partial charge in [-0.15, -0.1) is 0 Å². The van der Waals surface area contributed by atoms with E-state index in [-0.39, 0.29) is 17.4 Å². The molecule has 0 radical (unpaired) electrons. The summed E-state index contributed by atoms with van der Waals surface area (Å²) in [6, 6.07) is 5.07. The molecule has 2 nitrogen and oxygen atoms in total. The Bertz CT molecular complexity index is 471. The Morgan fingerprint density at radius 3 is 2.71 bits per heavy atom. The van der Waals surface area contributed by atoms with Crippen molar-refractivity contribution in [3.05, 3.63) is 34.1 Å². The lowest BCUT2D eigenvalue weighted by Gasteiger charge is -2.49. The lowest BCUT2D eigenvalue weighted by atomic mass is 9.70. The molecule has 118 valence electrons. The highest BCUT2D eigenvalue weighted by Crippen LogP contribution is 2.38. The van der Waals surface area contributed by atoms with E-state index in [1.807, 2.05) is 6.07 Å². The second-order valence-electron chi connectivity index (χ2n) is 6.79. The van der Waals surface area contributed by atoms with Gasteiger partial charge >= 0.3 is 0 Å². The largest absolute Gasteiger partial charge is 0.326 e. The van der Waals surface area contributed by atoms with Crippen molar-refractivity contribution in [3.8, 4) is 0 Å².